The Bertz CT molecular complexity index is 776. The summed E-state index contributed by atoms with van der Waals surface area (Å²) in [5.41, 5.74) is 7.62. The van der Waals surface area contributed by atoms with Crippen LogP contribution in [0.5, 0.6) is 0 Å². The fourth-order valence-electron chi connectivity index (χ4n) is 2.43. The highest BCUT2D eigenvalue weighted by molar-refractivity contribution is 5.82. The van der Waals surface area contributed by atoms with E-state index in [2.05, 4.69) is 15.1 Å². The van der Waals surface area contributed by atoms with E-state index in [4.69, 9.17) is 10.3 Å². The normalized spacial score (nSPS) is 16.4. The van der Waals surface area contributed by atoms with Crippen molar-refractivity contribution in [2.24, 2.45) is 5.73 Å². The Balaban J connectivity index is 1.76. The second-order valence-corrected chi connectivity index (χ2v) is 5.32. The molecule has 0 atom stereocenters. The van der Waals surface area contributed by atoms with Crippen molar-refractivity contribution in [3.63, 3.8) is 0 Å². The van der Waals surface area contributed by atoms with Gasteiger partial charge in [-0.25, -0.2) is 0 Å². The zero-order valence-electron chi connectivity index (χ0n) is 10.9. The summed E-state index contributed by atoms with van der Waals surface area (Å²) in [6.07, 6.45) is 3.85. The second-order valence-electron chi connectivity index (χ2n) is 5.32. The molecule has 1 aromatic carbocycles. The molecule has 1 fully saturated rings. The van der Waals surface area contributed by atoms with E-state index in [0.29, 0.717) is 18.3 Å². The Kier molecular flexibility index (Phi) is 2.37. The lowest BCUT2D eigenvalue weighted by Gasteiger charge is -2.03. The van der Waals surface area contributed by atoms with Crippen LogP contribution in [0, 0.1) is 0 Å². The summed E-state index contributed by atoms with van der Waals surface area (Å²) in [5.74, 6) is 1.28. The van der Waals surface area contributed by atoms with Gasteiger partial charge in [-0.2, -0.15) is 4.98 Å². The third-order valence-corrected chi connectivity index (χ3v) is 3.99. The minimum atomic E-state index is -0.0658. The van der Waals surface area contributed by atoms with Crippen LogP contribution in [0.15, 0.2) is 41.1 Å². The smallest absolute Gasteiger partial charge is 0.234 e. The minimum absolute atomic E-state index is 0.0658. The molecular formula is C15H14N4O. The molecule has 2 N–H and O–H groups in total. The molecule has 0 saturated heterocycles. The number of pyridine rings is 1. The summed E-state index contributed by atoms with van der Waals surface area (Å²) in [4.78, 5) is 8.82. The van der Waals surface area contributed by atoms with E-state index in [-0.39, 0.29) is 5.41 Å². The SMILES string of the molecule is NCC1(c2nc(-c3ccc4ncccc4c3)no2)CC1. The zero-order chi connectivity index (χ0) is 13.6. The molecule has 5 heteroatoms. The lowest BCUT2D eigenvalue weighted by molar-refractivity contribution is 0.347. The molecule has 1 saturated carbocycles. The van der Waals surface area contributed by atoms with Crippen LogP contribution in [0.2, 0.25) is 0 Å². The molecule has 0 unspecified atom stereocenters. The number of nitrogens with two attached hydrogens (primary N) is 1. The maximum Gasteiger partial charge on any atom is 0.234 e. The fraction of sp³-hybridized carbons (Fsp3) is 0.267. The van der Waals surface area contributed by atoms with Crippen molar-refractivity contribution in [3.05, 3.63) is 42.4 Å². The molecule has 0 aliphatic heterocycles. The Morgan fingerprint density at radius 3 is 2.95 bits per heavy atom. The lowest BCUT2D eigenvalue weighted by Crippen LogP contribution is -2.19. The molecule has 0 spiro atoms. The molecule has 1 aliphatic rings. The summed E-state index contributed by atoms with van der Waals surface area (Å²) in [5, 5.41) is 5.15. The van der Waals surface area contributed by atoms with Gasteiger partial charge in [0.15, 0.2) is 0 Å². The number of benzene rings is 1. The van der Waals surface area contributed by atoms with E-state index >= 15 is 0 Å². The van der Waals surface area contributed by atoms with Gasteiger partial charge in [0.25, 0.3) is 0 Å². The van der Waals surface area contributed by atoms with E-state index in [9.17, 15) is 0 Å². The Hall–Kier alpha value is -2.27. The van der Waals surface area contributed by atoms with Crippen LogP contribution in [0.25, 0.3) is 22.3 Å². The van der Waals surface area contributed by atoms with E-state index in [0.717, 1.165) is 29.3 Å². The molecule has 3 aromatic rings. The zero-order valence-corrected chi connectivity index (χ0v) is 10.9. The standard InChI is InChI=1S/C15H14N4O/c16-9-15(5-6-15)14-18-13(19-20-14)11-3-4-12-10(8-11)2-1-7-17-12/h1-4,7-8H,5-6,9,16H2. The Labute approximate surface area is 115 Å². The summed E-state index contributed by atoms with van der Waals surface area (Å²) >= 11 is 0. The van der Waals surface area contributed by atoms with Crippen LogP contribution >= 0.6 is 0 Å². The first kappa shape index (κ1) is 11.5. The van der Waals surface area contributed by atoms with E-state index < -0.39 is 0 Å². The van der Waals surface area contributed by atoms with Crippen LogP contribution in [-0.2, 0) is 5.41 Å². The third kappa shape index (κ3) is 1.71. The van der Waals surface area contributed by atoms with E-state index in [1.807, 2.05) is 30.3 Å². The second kappa shape index (κ2) is 4.11. The Morgan fingerprint density at radius 2 is 2.15 bits per heavy atom. The van der Waals surface area contributed by atoms with Gasteiger partial charge < -0.3 is 10.3 Å². The van der Waals surface area contributed by atoms with Crippen LogP contribution in [0.1, 0.15) is 18.7 Å². The number of hydrogen-bond donors (Lipinski definition) is 1. The molecule has 0 bridgehead atoms. The van der Waals surface area contributed by atoms with Crippen LogP contribution < -0.4 is 5.73 Å². The van der Waals surface area contributed by atoms with E-state index in [1.165, 1.54) is 0 Å². The minimum Gasteiger partial charge on any atom is -0.338 e. The average molecular weight is 266 g/mol. The number of aromatic nitrogens is 3. The van der Waals surface area contributed by atoms with Gasteiger partial charge >= 0.3 is 0 Å². The Morgan fingerprint density at radius 1 is 1.25 bits per heavy atom. The first-order chi connectivity index (χ1) is 9.81. The highest BCUT2D eigenvalue weighted by Crippen LogP contribution is 2.46. The van der Waals surface area contributed by atoms with Crippen molar-refractivity contribution in [2.75, 3.05) is 6.54 Å². The van der Waals surface area contributed by atoms with Gasteiger partial charge in [0.1, 0.15) is 0 Å². The highest BCUT2D eigenvalue weighted by atomic mass is 16.5. The van der Waals surface area contributed by atoms with Crippen molar-refractivity contribution in [2.45, 2.75) is 18.3 Å². The predicted octanol–water partition coefficient (Wildman–Crippen LogP) is 2.28. The average Bonchev–Trinajstić information content (AvgIpc) is 3.15. The largest absolute Gasteiger partial charge is 0.338 e. The monoisotopic (exact) mass is 266 g/mol. The molecular weight excluding hydrogens is 252 g/mol. The van der Waals surface area contributed by atoms with Gasteiger partial charge in [0, 0.05) is 23.7 Å². The first-order valence-electron chi connectivity index (χ1n) is 6.70. The van der Waals surface area contributed by atoms with Crippen molar-refractivity contribution < 1.29 is 4.52 Å². The van der Waals surface area contributed by atoms with Crippen LogP contribution in [0.4, 0.5) is 0 Å². The van der Waals surface area contributed by atoms with Crippen molar-refractivity contribution >= 4 is 10.9 Å². The maximum absolute atomic E-state index is 5.79. The quantitative estimate of drug-likeness (QED) is 0.786. The highest BCUT2D eigenvalue weighted by Gasteiger charge is 2.48. The summed E-state index contributed by atoms with van der Waals surface area (Å²) in [6, 6.07) is 9.90. The van der Waals surface area contributed by atoms with E-state index in [1.54, 1.807) is 6.20 Å². The lowest BCUT2D eigenvalue weighted by atomic mass is 10.1. The summed E-state index contributed by atoms with van der Waals surface area (Å²) in [7, 11) is 0. The number of hydrogen-bond acceptors (Lipinski definition) is 5. The molecule has 4 rings (SSSR count). The predicted molar refractivity (Wildman–Crippen MR) is 75.0 cm³/mol. The van der Waals surface area contributed by atoms with Crippen molar-refractivity contribution in [1.29, 1.82) is 0 Å². The molecule has 5 nitrogen and oxygen atoms in total. The maximum atomic E-state index is 5.79. The van der Waals surface area contributed by atoms with Gasteiger partial charge in [0.05, 0.1) is 10.9 Å². The topological polar surface area (TPSA) is 77.8 Å². The number of fused-ring (bicyclic) bond motifs is 1. The molecule has 0 radical (unpaired) electrons. The molecule has 2 aromatic heterocycles. The van der Waals surface area contributed by atoms with Gasteiger partial charge in [-0.1, -0.05) is 11.2 Å². The molecule has 0 amide bonds. The first-order valence-corrected chi connectivity index (χ1v) is 6.70. The molecule has 2 heterocycles. The number of nitrogens with zero attached hydrogens (tertiary/aromatic N) is 3. The van der Waals surface area contributed by atoms with Crippen LogP contribution in [-0.4, -0.2) is 21.7 Å². The fourth-order valence-corrected chi connectivity index (χ4v) is 2.43. The van der Waals surface area contributed by atoms with Gasteiger partial charge in [-0.3, -0.25) is 4.98 Å². The summed E-state index contributed by atoms with van der Waals surface area (Å²) < 4.78 is 5.39. The van der Waals surface area contributed by atoms with Crippen molar-refractivity contribution in [3.8, 4) is 11.4 Å². The summed E-state index contributed by atoms with van der Waals surface area (Å²) in [6.45, 7) is 0.566. The number of rotatable bonds is 3. The van der Waals surface area contributed by atoms with Gasteiger partial charge in [0.2, 0.25) is 11.7 Å². The third-order valence-electron chi connectivity index (χ3n) is 3.99. The van der Waals surface area contributed by atoms with Gasteiger partial charge in [-0.05, 0) is 37.1 Å². The van der Waals surface area contributed by atoms with Crippen molar-refractivity contribution in [1.82, 2.24) is 15.1 Å². The van der Waals surface area contributed by atoms with Crippen LogP contribution in [0.3, 0.4) is 0 Å². The molecule has 20 heavy (non-hydrogen) atoms. The van der Waals surface area contributed by atoms with Gasteiger partial charge in [-0.15, -0.1) is 0 Å². The molecule has 100 valence electrons. The molecule has 1 aliphatic carbocycles.